The third kappa shape index (κ3) is 1.10. The Hall–Kier alpha value is 0.150. The molecule has 0 saturated heterocycles. The molecule has 0 unspecified atom stereocenters. The minimum Gasteiger partial charge on any atom is -0.335 e. The summed E-state index contributed by atoms with van der Waals surface area (Å²) in [7, 11) is 0. The molecule has 0 amide bonds. The second kappa shape index (κ2) is 2.18. The van der Waals surface area contributed by atoms with Crippen LogP contribution in [0.4, 0.5) is 0 Å². The van der Waals surface area contributed by atoms with E-state index in [2.05, 4.69) is 4.98 Å². The number of hydrogen-bond donors (Lipinski definition) is 1. The second-order valence-corrected chi connectivity index (χ2v) is 2.47. The van der Waals surface area contributed by atoms with Crippen LogP contribution in [0.25, 0.3) is 0 Å². The van der Waals surface area contributed by atoms with Gasteiger partial charge < -0.3 is 4.98 Å². The maximum atomic E-state index is 5.48. The van der Waals surface area contributed by atoms with Crippen LogP contribution < -0.4 is 0 Å². The molecule has 1 nitrogen and oxygen atoms in total. The molecule has 0 spiro atoms. The zero-order chi connectivity index (χ0) is 6.15. The lowest BCUT2D eigenvalue weighted by Gasteiger charge is -1.76. The molecule has 0 bridgehead atoms. The third-order valence-corrected chi connectivity index (χ3v) is 1.59. The molecule has 0 atom stereocenters. The van der Waals surface area contributed by atoms with Crippen molar-refractivity contribution in [3.8, 4) is 0 Å². The lowest BCUT2D eigenvalue weighted by Crippen LogP contribution is -1.57. The first-order valence-electron chi connectivity index (χ1n) is 1.89. The Morgan fingerprint density at radius 3 is 2.00 bits per heavy atom. The highest BCUT2D eigenvalue weighted by Gasteiger charge is 1.98. The Morgan fingerprint density at radius 1 is 1.25 bits per heavy atom. The van der Waals surface area contributed by atoms with E-state index in [1.54, 1.807) is 6.07 Å². The fourth-order valence-corrected chi connectivity index (χ4v) is 0.996. The van der Waals surface area contributed by atoms with Gasteiger partial charge in [0.15, 0.2) is 0 Å². The Morgan fingerprint density at radius 2 is 1.88 bits per heavy atom. The van der Waals surface area contributed by atoms with E-state index >= 15 is 0 Å². The van der Waals surface area contributed by atoms with Crippen LogP contribution in [0, 0.1) is 0 Å². The van der Waals surface area contributed by atoms with Gasteiger partial charge in [-0.1, -0.05) is 34.8 Å². The number of aromatic amines is 1. The lowest BCUT2D eigenvalue weighted by atomic mass is 10.7. The first-order chi connectivity index (χ1) is 3.70. The fourth-order valence-electron chi connectivity index (χ4n) is 0.375. The van der Waals surface area contributed by atoms with Crippen molar-refractivity contribution >= 4 is 34.8 Å². The molecule has 0 aliphatic rings. The second-order valence-electron chi connectivity index (χ2n) is 1.28. The molecular formula is C4H2Cl3N. The first kappa shape index (κ1) is 6.27. The number of halogens is 3. The molecule has 1 aromatic heterocycles. The van der Waals surface area contributed by atoms with Crippen LogP contribution in [0.3, 0.4) is 0 Å². The predicted molar refractivity (Wildman–Crippen MR) is 35.8 cm³/mol. The molecular weight excluding hydrogens is 168 g/mol. The third-order valence-electron chi connectivity index (χ3n) is 0.692. The van der Waals surface area contributed by atoms with Crippen molar-refractivity contribution in [1.82, 2.24) is 4.98 Å². The number of H-pyrrole nitrogens is 1. The molecule has 4 heteroatoms. The van der Waals surface area contributed by atoms with E-state index in [1.807, 2.05) is 0 Å². The summed E-state index contributed by atoms with van der Waals surface area (Å²) >= 11 is 16.4. The fraction of sp³-hybridized carbons (Fsp3) is 0. The molecule has 0 fully saturated rings. The van der Waals surface area contributed by atoms with Crippen LogP contribution in [-0.4, -0.2) is 4.98 Å². The predicted octanol–water partition coefficient (Wildman–Crippen LogP) is 2.97. The summed E-state index contributed by atoms with van der Waals surface area (Å²) in [6.45, 7) is 0. The SMILES string of the molecule is Clc1cc(Cl)c(Cl)[nH]1. The highest BCUT2D eigenvalue weighted by Crippen LogP contribution is 2.23. The molecule has 0 aliphatic heterocycles. The van der Waals surface area contributed by atoms with Crippen molar-refractivity contribution in [2.45, 2.75) is 0 Å². The highest BCUT2D eigenvalue weighted by molar-refractivity contribution is 6.43. The van der Waals surface area contributed by atoms with Gasteiger partial charge in [-0.05, 0) is 6.07 Å². The van der Waals surface area contributed by atoms with Gasteiger partial charge in [0.25, 0.3) is 0 Å². The summed E-state index contributed by atoms with van der Waals surface area (Å²) in [6, 6.07) is 1.55. The molecule has 1 heterocycles. The Balaban J connectivity index is 3.14. The highest BCUT2D eigenvalue weighted by atomic mass is 35.5. The van der Waals surface area contributed by atoms with Crippen molar-refractivity contribution in [3.63, 3.8) is 0 Å². The lowest BCUT2D eigenvalue weighted by molar-refractivity contribution is 1.41. The summed E-state index contributed by atoms with van der Waals surface area (Å²) in [5.41, 5.74) is 0. The molecule has 0 radical (unpaired) electrons. The van der Waals surface area contributed by atoms with Crippen molar-refractivity contribution in [2.75, 3.05) is 0 Å². The summed E-state index contributed by atoms with van der Waals surface area (Å²) in [5.74, 6) is 0. The molecule has 0 aromatic carbocycles. The average molecular weight is 170 g/mol. The Kier molecular flexibility index (Phi) is 1.71. The molecule has 44 valence electrons. The van der Waals surface area contributed by atoms with Crippen molar-refractivity contribution in [1.29, 1.82) is 0 Å². The molecule has 8 heavy (non-hydrogen) atoms. The minimum atomic E-state index is 0.386. The van der Waals surface area contributed by atoms with E-state index in [-0.39, 0.29) is 0 Å². The van der Waals surface area contributed by atoms with Gasteiger partial charge in [0, 0.05) is 0 Å². The normalized spacial score (nSPS) is 9.88. The number of hydrogen-bond acceptors (Lipinski definition) is 0. The maximum Gasteiger partial charge on any atom is 0.126 e. The Labute approximate surface area is 61.6 Å². The summed E-state index contributed by atoms with van der Waals surface area (Å²) in [6.07, 6.45) is 0. The zero-order valence-corrected chi connectivity index (χ0v) is 5.98. The zero-order valence-electron chi connectivity index (χ0n) is 3.71. The molecule has 0 saturated carbocycles. The summed E-state index contributed by atoms with van der Waals surface area (Å²) < 4.78 is 0. The van der Waals surface area contributed by atoms with Gasteiger partial charge in [-0.15, -0.1) is 0 Å². The van der Waals surface area contributed by atoms with Crippen LogP contribution in [0.2, 0.25) is 15.3 Å². The monoisotopic (exact) mass is 169 g/mol. The first-order valence-corrected chi connectivity index (χ1v) is 3.03. The topological polar surface area (TPSA) is 15.8 Å². The molecule has 1 rings (SSSR count). The number of rotatable bonds is 0. The van der Waals surface area contributed by atoms with E-state index < -0.39 is 0 Å². The smallest absolute Gasteiger partial charge is 0.126 e. The van der Waals surface area contributed by atoms with Gasteiger partial charge in [-0.25, -0.2) is 0 Å². The number of nitrogens with one attached hydrogen (secondary N) is 1. The number of aromatic nitrogens is 1. The van der Waals surface area contributed by atoms with Crippen molar-refractivity contribution < 1.29 is 0 Å². The van der Waals surface area contributed by atoms with Crippen LogP contribution in [-0.2, 0) is 0 Å². The van der Waals surface area contributed by atoms with E-state index in [0.717, 1.165) is 0 Å². The van der Waals surface area contributed by atoms with Gasteiger partial charge in [-0.2, -0.15) is 0 Å². The van der Waals surface area contributed by atoms with E-state index in [0.29, 0.717) is 15.3 Å². The van der Waals surface area contributed by atoms with Crippen molar-refractivity contribution in [3.05, 3.63) is 21.4 Å². The summed E-state index contributed by atoms with van der Waals surface area (Å²) in [5, 5.41) is 1.30. The van der Waals surface area contributed by atoms with Gasteiger partial charge in [0.05, 0.1) is 5.02 Å². The van der Waals surface area contributed by atoms with Gasteiger partial charge in [-0.3, -0.25) is 0 Å². The maximum absolute atomic E-state index is 5.48. The standard InChI is InChI=1S/C4H2Cl3N/c5-2-1-3(6)8-4(2)7/h1,8H. The van der Waals surface area contributed by atoms with Gasteiger partial charge in [0.1, 0.15) is 10.3 Å². The van der Waals surface area contributed by atoms with E-state index in [4.69, 9.17) is 34.8 Å². The molecule has 1 aromatic rings. The van der Waals surface area contributed by atoms with E-state index in [9.17, 15) is 0 Å². The van der Waals surface area contributed by atoms with Gasteiger partial charge in [0.2, 0.25) is 0 Å². The van der Waals surface area contributed by atoms with Crippen LogP contribution in [0.1, 0.15) is 0 Å². The average Bonchev–Trinajstić information content (AvgIpc) is 1.85. The van der Waals surface area contributed by atoms with Crippen LogP contribution in [0.5, 0.6) is 0 Å². The minimum absolute atomic E-state index is 0.386. The Bertz CT molecular complexity index is 174. The summed E-state index contributed by atoms with van der Waals surface area (Å²) in [4.78, 5) is 2.61. The van der Waals surface area contributed by atoms with Gasteiger partial charge >= 0.3 is 0 Å². The quantitative estimate of drug-likeness (QED) is 0.616. The largest absolute Gasteiger partial charge is 0.335 e. The van der Waals surface area contributed by atoms with Crippen LogP contribution >= 0.6 is 34.8 Å². The van der Waals surface area contributed by atoms with Crippen LogP contribution in [0.15, 0.2) is 6.07 Å². The van der Waals surface area contributed by atoms with E-state index in [1.165, 1.54) is 0 Å². The molecule has 1 N–H and O–H groups in total. The molecule has 0 aliphatic carbocycles. The van der Waals surface area contributed by atoms with Crippen molar-refractivity contribution in [2.24, 2.45) is 0 Å².